The SMILES string of the molecule is CC(C)(C)c1noc(CSc2n[nH]c(N)n2)n1. The van der Waals surface area contributed by atoms with Crippen molar-refractivity contribution in [1.29, 1.82) is 0 Å². The number of rotatable bonds is 3. The first-order valence-electron chi connectivity index (χ1n) is 5.09. The third-order valence-corrected chi connectivity index (χ3v) is 2.78. The van der Waals surface area contributed by atoms with Gasteiger partial charge in [0.2, 0.25) is 17.0 Å². The van der Waals surface area contributed by atoms with E-state index < -0.39 is 0 Å². The predicted octanol–water partition coefficient (Wildman–Crippen LogP) is 1.36. The molecular weight excluding hydrogens is 240 g/mol. The summed E-state index contributed by atoms with van der Waals surface area (Å²) in [5.74, 6) is 2.08. The molecule has 7 nitrogen and oxygen atoms in total. The first-order valence-corrected chi connectivity index (χ1v) is 6.07. The number of thioether (sulfide) groups is 1. The quantitative estimate of drug-likeness (QED) is 0.796. The molecule has 0 amide bonds. The molecule has 92 valence electrons. The molecule has 0 aliphatic rings. The van der Waals surface area contributed by atoms with Crippen LogP contribution >= 0.6 is 11.8 Å². The van der Waals surface area contributed by atoms with E-state index in [0.717, 1.165) is 0 Å². The lowest BCUT2D eigenvalue weighted by Crippen LogP contribution is -2.13. The highest BCUT2D eigenvalue weighted by Crippen LogP contribution is 2.22. The first kappa shape index (κ1) is 11.9. The van der Waals surface area contributed by atoms with E-state index in [1.54, 1.807) is 0 Å². The van der Waals surface area contributed by atoms with Gasteiger partial charge in [-0.15, -0.1) is 5.10 Å². The van der Waals surface area contributed by atoms with Gasteiger partial charge in [-0.1, -0.05) is 37.7 Å². The molecule has 0 bridgehead atoms. The van der Waals surface area contributed by atoms with Crippen molar-refractivity contribution >= 4 is 17.7 Å². The summed E-state index contributed by atoms with van der Waals surface area (Å²) in [5, 5.41) is 11.0. The van der Waals surface area contributed by atoms with Gasteiger partial charge in [0.1, 0.15) is 0 Å². The molecule has 17 heavy (non-hydrogen) atoms. The van der Waals surface area contributed by atoms with E-state index in [1.807, 2.05) is 20.8 Å². The summed E-state index contributed by atoms with van der Waals surface area (Å²) in [5.41, 5.74) is 5.31. The van der Waals surface area contributed by atoms with Gasteiger partial charge in [0.15, 0.2) is 5.82 Å². The van der Waals surface area contributed by atoms with Gasteiger partial charge in [0, 0.05) is 5.41 Å². The number of nitrogens with zero attached hydrogens (tertiary/aromatic N) is 4. The van der Waals surface area contributed by atoms with Crippen molar-refractivity contribution in [2.45, 2.75) is 37.1 Å². The van der Waals surface area contributed by atoms with E-state index in [1.165, 1.54) is 11.8 Å². The zero-order valence-electron chi connectivity index (χ0n) is 9.89. The van der Waals surface area contributed by atoms with Crippen LogP contribution in [0.3, 0.4) is 0 Å². The molecule has 0 atom stereocenters. The Balaban J connectivity index is 1.98. The number of nitrogens with one attached hydrogen (secondary N) is 1. The van der Waals surface area contributed by atoms with Crippen molar-refractivity contribution in [3.63, 3.8) is 0 Å². The maximum absolute atomic E-state index is 5.41. The van der Waals surface area contributed by atoms with Gasteiger partial charge in [0.25, 0.3) is 0 Å². The van der Waals surface area contributed by atoms with E-state index in [0.29, 0.717) is 28.6 Å². The maximum atomic E-state index is 5.41. The highest BCUT2D eigenvalue weighted by molar-refractivity contribution is 7.98. The number of H-pyrrole nitrogens is 1. The highest BCUT2D eigenvalue weighted by atomic mass is 32.2. The Hall–Kier alpha value is -1.57. The number of hydrogen-bond donors (Lipinski definition) is 2. The van der Waals surface area contributed by atoms with Gasteiger partial charge in [0.05, 0.1) is 5.75 Å². The van der Waals surface area contributed by atoms with Crippen molar-refractivity contribution in [3.05, 3.63) is 11.7 Å². The molecule has 0 fully saturated rings. The van der Waals surface area contributed by atoms with Gasteiger partial charge in [-0.2, -0.15) is 9.97 Å². The minimum absolute atomic E-state index is 0.110. The van der Waals surface area contributed by atoms with Crippen molar-refractivity contribution in [1.82, 2.24) is 25.3 Å². The summed E-state index contributed by atoms with van der Waals surface area (Å²) < 4.78 is 5.14. The van der Waals surface area contributed by atoms with Crippen LogP contribution in [0.15, 0.2) is 9.68 Å². The van der Waals surface area contributed by atoms with E-state index in [2.05, 4.69) is 25.3 Å². The number of hydrogen-bond acceptors (Lipinski definition) is 7. The summed E-state index contributed by atoms with van der Waals surface area (Å²) in [6, 6.07) is 0. The molecule has 8 heteroatoms. The molecule has 3 N–H and O–H groups in total. The molecule has 2 rings (SSSR count). The van der Waals surface area contributed by atoms with Crippen LogP contribution < -0.4 is 5.73 Å². The third kappa shape index (κ3) is 2.96. The molecule has 0 saturated heterocycles. The topological polar surface area (TPSA) is 107 Å². The van der Waals surface area contributed by atoms with E-state index >= 15 is 0 Å². The standard InChI is InChI=1S/C9H14N6OS/c1-9(2,3)6-11-5(16-15-6)4-17-8-12-7(10)13-14-8/h4H2,1-3H3,(H3,10,12,13,14). The molecule has 2 aromatic heterocycles. The first-order chi connectivity index (χ1) is 7.95. The van der Waals surface area contributed by atoms with Crippen LogP contribution in [0, 0.1) is 0 Å². The van der Waals surface area contributed by atoms with Crippen molar-refractivity contribution in [2.75, 3.05) is 5.73 Å². The fourth-order valence-corrected chi connectivity index (χ4v) is 1.71. The van der Waals surface area contributed by atoms with Crippen LogP contribution in [0.4, 0.5) is 5.95 Å². The maximum Gasteiger partial charge on any atom is 0.237 e. The monoisotopic (exact) mass is 254 g/mol. The lowest BCUT2D eigenvalue weighted by molar-refractivity contribution is 0.373. The van der Waals surface area contributed by atoms with E-state index in [-0.39, 0.29) is 5.41 Å². The van der Waals surface area contributed by atoms with Crippen LogP contribution in [-0.4, -0.2) is 25.3 Å². The Morgan fingerprint density at radius 2 is 2.12 bits per heavy atom. The molecule has 0 unspecified atom stereocenters. The molecule has 2 heterocycles. The normalized spacial score (nSPS) is 11.9. The minimum Gasteiger partial charge on any atom is -0.368 e. The van der Waals surface area contributed by atoms with Crippen molar-refractivity contribution in [2.24, 2.45) is 0 Å². The average Bonchev–Trinajstić information content (AvgIpc) is 2.82. The summed E-state index contributed by atoms with van der Waals surface area (Å²) in [7, 11) is 0. The summed E-state index contributed by atoms with van der Waals surface area (Å²) in [6.45, 7) is 6.10. The molecule has 0 aromatic carbocycles. The van der Waals surface area contributed by atoms with E-state index in [9.17, 15) is 0 Å². The second kappa shape index (κ2) is 4.36. The molecule has 0 saturated carbocycles. The molecular formula is C9H14N6OS. The Labute approximate surface area is 103 Å². The Bertz CT molecular complexity index is 500. The summed E-state index contributed by atoms with van der Waals surface area (Å²) >= 11 is 1.39. The molecule has 0 aliphatic heterocycles. The van der Waals surface area contributed by atoms with Gasteiger partial charge in [-0.25, -0.2) is 5.10 Å². The fraction of sp³-hybridized carbons (Fsp3) is 0.556. The van der Waals surface area contributed by atoms with Crippen LogP contribution in [0.2, 0.25) is 0 Å². The number of aromatic amines is 1. The van der Waals surface area contributed by atoms with Crippen LogP contribution in [-0.2, 0) is 11.2 Å². The second-order valence-corrected chi connectivity index (χ2v) is 5.50. The van der Waals surface area contributed by atoms with Crippen LogP contribution in [0.25, 0.3) is 0 Å². The average molecular weight is 254 g/mol. The molecule has 0 aliphatic carbocycles. The largest absolute Gasteiger partial charge is 0.368 e. The zero-order chi connectivity index (χ0) is 12.5. The van der Waals surface area contributed by atoms with Crippen molar-refractivity contribution < 1.29 is 4.52 Å². The minimum atomic E-state index is -0.110. The van der Waals surface area contributed by atoms with Gasteiger partial charge < -0.3 is 10.3 Å². The number of aromatic nitrogens is 5. The number of anilines is 1. The van der Waals surface area contributed by atoms with Gasteiger partial charge in [-0.3, -0.25) is 0 Å². The Morgan fingerprint density at radius 1 is 1.35 bits per heavy atom. The Morgan fingerprint density at radius 3 is 2.65 bits per heavy atom. The molecule has 0 spiro atoms. The van der Waals surface area contributed by atoms with Gasteiger partial charge >= 0.3 is 0 Å². The van der Waals surface area contributed by atoms with E-state index in [4.69, 9.17) is 10.3 Å². The summed E-state index contributed by atoms with van der Waals surface area (Å²) in [6.07, 6.45) is 0. The molecule has 0 radical (unpaired) electrons. The number of nitrogens with two attached hydrogens (primary N) is 1. The smallest absolute Gasteiger partial charge is 0.237 e. The molecule has 2 aromatic rings. The lowest BCUT2D eigenvalue weighted by Gasteiger charge is -2.10. The van der Waals surface area contributed by atoms with Crippen LogP contribution in [0.5, 0.6) is 0 Å². The predicted molar refractivity (Wildman–Crippen MR) is 63.4 cm³/mol. The van der Waals surface area contributed by atoms with Crippen molar-refractivity contribution in [3.8, 4) is 0 Å². The lowest BCUT2D eigenvalue weighted by atomic mass is 9.96. The zero-order valence-corrected chi connectivity index (χ0v) is 10.7. The van der Waals surface area contributed by atoms with Gasteiger partial charge in [-0.05, 0) is 0 Å². The second-order valence-electron chi connectivity index (χ2n) is 4.55. The van der Waals surface area contributed by atoms with Crippen LogP contribution in [0.1, 0.15) is 32.5 Å². The highest BCUT2D eigenvalue weighted by Gasteiger charge is 2.21. The third-order valence-electron chi connectivity index (χ3n) is 1.95. The summed E-state index contributed by atoms with van der Waals surface area (Å²) in [4.78, 5) is 8.27. The Kier molecular flexibility index (Phi) is 3.05. The number of nitrogen functional groups attached to an aromatic ring is 1. The fourth-order valence-electron chi connectivity index (χ4n) is 1.07.